The summed E-state index contributed by atoms with van der Waals surface area (Å²) in [5.41, 5.74) is 0.714. The SMILES string of the molecule is COc1ccc(S(=O)(=O)N(C)C)cc1NC(=O)c1ccc(OCC2CC2)cc1. The van der Waals surface area contributed by atoms with Crippen molar-refractivity contribution in [1.82, 2.24) is 4.31 Å². The van der Waals surface area contributed by atoms with Crippen LogP contribution in [-0.2, 0) is 10.0 Å². The van der Waals surface area contributed by atoms with E-state index >= 15 is 0 Å². The number of anilines is 1. The quantitative estimate of drug-likeness (QED) is 0.731. The largest absolute Gasteiger partial charge is 0.495 e. The van der Waals surface area contributed by atoms with Gasteiger partial charge in [0.05, 0.1) is 24.3 Å². The lowest BCUT2D eigenvalue weighted by molar-refractivity contribution is 0.102. The van der Waals surface area contributed by atoms with Crippen molar-refractivity contribution < 1.29 is 22.7 Å². The van der Waals surface area contributed by atoms with E-state index in [1.165, 1.54) is 52.2 Å². The Bertz CT molecular complexity index is 951. The van der Waals surface area contributed by atoms with Crippen molar-refractivity contribution in [1.29, 1.82) is 0 Å². The van der Waals surface area contributed by atoms with Crippen LogP contribution in [0, 0.1) is 5.92 Å². The molecule has 2 aromatic carbocycles. The van der Waals surface area contributed by atoms with E-state index in [1.54, 1.807) is 24.3 Å². The molecule has 7 nitrogen and oxygen atoms in total. The number of rotatable bonds is 8. The van der Waals surface area contributed by atoms with E-state index in [2.05, 4.69) is 5.32 Å². The van der Waals surface area contributed by atoms with Gasteiger partial charge in [-0.1, -0.05) is 0 Å². The smallest absolute Gasteiger partial charge is 0.255 e. The Morgan fingerprint density at radius 1 is 1.14 bits per heavy atom. The molecule has 0 aliphatic heterocycles. The molecule has 8 heteroatoms. The van der Waals surface area contributed by atoms with E-state index in [-0.39, 0.29) is 16.5 Å². The van der Waals surface area contributed by atoms with E-state index < -0.39 is 10.0 Å². The van der Waals surface area contributed by atoms with Crippen molar-refractivity contribution in [3.05, 3.63) is 48.0 Å². The first-order chi connectivity index (χ1) is 13.3. The summed E-state index contributed by atoms with van der Waals surface area (Å²) in [6, 6.07) is 11.2. The zero-order valence-electron chi connectivity index (χ0n) is 16.1. The maximum absolute atomic E-state index is 12.6. The molecule has 0 heterocycles. The molecular formula is C20H24N2O5S. The van der Waals surface area contributed by atoms with Crippen LogP contribution >= 0.6 is 0 Å². The highest BCUT2D eigenvalue weighted by molar-refractivity contribution is 7.89. The van der Waals surface area contributed by atoms with Crippen LogP contribution in [0.4, 0.5) is 5.69 Å². The summed E-state index contributed by atoms with van der Waals surface area (Å²) in [5, 5.41) is 2.72. The zero-order valence-corrected chi connectivity index (χ0v) is 17.0. The number of sulfonamides is 1. The van der Waals surface area contributed by atoms with Crippen molar-refractivity contribution in [2.45, 2.75) is 17.7 Å². The monoisotopic (exact) mass is 404 g/mol. The molecule has 1 aliphatic carbocycles. The van der Waals surface area contributed by atoms with Crippen LogP contribution in [0.3, 0.4) is 0 Å². The molecule has 0 spiro atoms. The molecular weight excluding hydrogens is 380 g/mol. The second-order valence-corrected chi connectivity index (χ2v) is 9.03. The average molecular weight is 404 g/mol. The highest BCUT2D eigenvalue weighted by Crippen LogP contribution is 2.30. The van der Waals surface area contributed by atoms with Gasteiger partial charge in [-0.15, -0.1) is 0 Å². The fourth-order valence-electron chi connectivity index (χ4n) is 2.55. The van der Waals surface area contributed by atoms with Crippen LogP contribution in [0.25, 0.3) is 0 Å². The number of nitrogens with zero attached hydrogens (tertiary/aromatic N) is 1. The van der Waals surface area contributed by atoms with Gasteiger partial charge in [-0.2, -0.15) is 0 Å². The Hall–Kier alpha value is -2.58. The summed E-state index contributed by atoms with van der Waals surface area (Å²) in [5.74, 6) is 1.38. The number of benzene rings is 2. The third kappa shape index (κ3) is 4.63. The van der Waals surface area contributed by atoms with Crippen molar-refractivity contribution in [3.8, 4) is 11.5 Å². The summed E-state index contributed by atoms with van der Waals surface area (Å²) in [7, 11) is 0.725. The summed E-state index contributed by atoms with van der Waals surface area (Å²) >= 11 is 0. The number of hydrogen-bond donors (Lipinski definition) is 1. The minimum absolute atomic E-state index is 0.0671. The standard InChI is InChI=1S/C20H24N2O5S/c1-22(2)28(24,25)17-10-11-19(26-3)18(12-17)21-20(23)15-6-8-16(9-7-15)27-13-14-4-5-14/h6-12,14H,4-5,13H2,1-3H3,(H,21,23). The number of ether oxygens (including phenoxy) is 2. The fraction of sp³-hybridized carbons (Fsp3) is 0.350. The van der Waals surface area contributed by atoms with E-state index in [1.807, 2.05) is 0 Å². The van der Waals surface area contributed by atoms with Crippen LogP contribution in [0.1, 0.15) is 23.2 Å². The molecule has 3 rings (SSSR count). The second kappa shape index (κ2) is 8.20. The van der Waals surface area contributed by atoms with E-state index in [0.717, 1.165) is 10.1 Å². The van der Waals surface area contributed by atoms with Crippen molar-refractivity contribution in [3.63, 3.8) is 0 Å². The van der Waals surface area contributed by atoms with Gasteiger partial charge in [-0.25, -0.2) is 12.7 Å². The molecule has 0 aromatic heterocycles. The van der Waals surface area contributed by atoms with Gasteiger partial charge in [-0.3, -0.25) is 4.79 Å². The molecule has 1 aliphatic rings. The first-order valence-corrected chi connectivity index (χ1v) is 10.4. The number of hydrogen-bond acceptors (Lipinski definition) is 5. The number of amides is 1. The first-order valence-electron chi connectivity index (χ1n) is 8.96. The average Bonchev–Trinajstić information content (AvgIpc) is 3.51. The summed E-state index contributed by atoms with van der Waals surface area (Å²) in [6.07, 6.45) is 2.43. The van der Waals surface area contributed by atoms with Gasteiger partial charge in [0.2, 0.25) is 10.0 Å². The highest BCUT2D eigenvalue weighted by Gasteiger charge is 2.22. The predicted molar refractivity (Wildman–Crippen MR) is 106 cm³/mol. The first kappa shape index (κ1) is 20.2. The van der Waals surface area contributed by atoms with Crippen LogP contribution in [0.5, 0.6) is 11.5 Å². The van der Waals surface area contributed by atoms with Gasteiger partial charge in [0.25, 0.3) is 5.91 Å². The molecule has 1 fully saturated rings. The fourth-order valence-corrected chi connectivity index (χ4v) is 3.48. The van der Waals surface area contributed by atoms with Gasteiger partial charge in [0.15, 0.2) is 0 Å². The van der Waals surface area contributed by atoms with E-state index in [0.29, 0.717) is 23.8 Å². The van der Waals surface area contributed by atoms with Gasteiger partial charge < -0.3 is 14.8 Å². The Labute approximate surface area is 165 Å². The van der Waals surface area contributed by atoms with Gasteiger partial charge in [-0.05, 0) is 61.2 Å². The Morgan fingerprint density at radius 2 is 1.82 bits per heavy atom. The lowest BCUT2D eigenvalue weighted by Gasteiger charge is -2.15. The zero-order chi connectivity index (χ0) is 20.3. The van der Waals surface area contributed by atoms with Crippen LogP contribution in [0.2, 0.25) is 0 Å². The Kier molecular flexibility index (Phi) is 5.90. The maximum atomic E-state index is 12.6. The number of carbonyl (C=O) groups is 1. The van der Waals surface area contributed by atoms with Crippen molar-refractivity contribution in [2.75, 3.05) is 33.1 Å². The molecule has 1 amide bonds. The topological polar surface area (TPSA) is 84.9 Å². The maximum Gasteiger partial charge on any atom is 0.255 e. The second-order valence-electron chi connectivity index (χ2n) is 6.88. The molecule has 0 atom stereocenters. The van der Waals surface area contributed by atoms with Gasteiger partial charge in [0, 0.05) is 19.7 Å². The number of nitrogens with one attached hydrogen (secondary N) is 1. The third-order valence-electron chi connectivity index (χ3n) is 4.50. The van der Waals surface area contributed by atoms with Crippen LogP contribution < -0.4 is 14.8 Å². The molecule has 0 unspecified atom stereocenters. The summed E-state index contributed by atoms with van der Waals surface area (Å²) in [6.45, 7) is 0.704. The molecule has 28 heavy (non-hydrogen) atoms. The molecule has 0 saturated heterocycles. The predicted octanol–water partition coefficient (Wildman–Crippen LogP) is 2.99. The van der Waals surface area contributed by atoms with Crippen molar-refractivity contribution >= 4 is 21.6 Å². The van der Waals surface area contributed by atoms with Crippen LogP contribution in [-0.4, -0.2) is 46.4 Å². The Morgan fingerprint density at radius 3 is 2.39 bits per heavy atom. The molecule has 1 saturated carbocycles. The van der Waals surface area contributed by atoms with E-state index in [4.69, 9.17) is 9.47 Å². The molecule has 0 radical (unpaired) electrons. The summed E-state index contributed by atoms with van der Waals surface area (Å²) < 4.78 is 36.7. The van der Waals surface area contributed by atoms with Gasteiger partial charge in [0.1, 0.15) is 11.5 Å². The lowest BCUT2D eigenvalue weighted by Crippen LogP contribution is -2.22. The summed E-state index contributed by atoms with van der Waals surface area (Å²) in [4.78, 5) is 12.7. The lowest BCUT2D eigenvalue weighted by atomic mass is 10.2. The van der Waals surface area contributed by atoms with Crippen LogP contribution in [0.15, 0.2) is 47.4 Å². The number of methoxy groups -OCH3 is 1. The van der Waals surface area contributed by atoms with E-state index in [9.17, 15) is 13.2 Å². The minimum Gasteiger partial charge on any atom is -0.495 e. The normalized spacial score (nSPS) is 14.0. The molecule has 150 valence electrons. The molecule has 0 bridgehead atoms. The molecule has 2 aromatic rings. The highest BCUT2D eigenvalue weighted by atomic mass is 32.2. The Balaban J connectivity index is 1.76. The van der Waals surface area contributed by atoms with Gasteiger partial charge >= 0.3 is 0 Å². The number of carbonyl (C=O) groups excluding carboxylic acids is 1. The van der Waals surface area contributed by atoms with Crippen molar-refractivity contribution in [2.24, 2.45) is 5.92 Å². The third-order valence-corrected chi connectivity index (χ3v) is 6.31. The molecule has 1 N–H and O–H groups in total. The minimum atomic E-state index is -3.63.